The van der Waals surface area contributed by atoms with E-state index in [-0.39, 0.29) is 0 Å². The largest absolute Gasteiger partial charge is 0.100 e. The van der Waals surface area contributed by atoms with E-state index in [9.17, 15) is 0 Å². The Morgan fingerprint density at radius 1 is 1.00 bits per heavy atom. The lowest BCUT2D eigenvalue weighted by Gasteiger charge is -2.01. The summed E-state index contributed by atoms with van der Waals surface area (Å²) >= 11 is 0. The van der Waals surface area contributed by atoms with Crippen LogP contribution in [-0.2, 0) is 0 Å². The van der Waals surface area contributed by atoms with Crippen LogP contribution < -0.4 is 0 Å². The summed E-state index contributed by atoms with van der Waals surface area (Å²) in [4.78, 5) is 0. The maximum absolute atomic E-state index is 3.27. The van der Waals surface area contributed by atoms with Crippen molar-refractivity contribution in [3.05, 3.63) is 0 Å². The van der Waals surface area contributed by atoms with Crippen LogP contribution in [0.15, 0.2) is 0 Å². The Hall–Kier alpha value is -0.440. The fourth-order valence-electron chi connectivity index (χ4n) is 0.777. The molecule has 0 aromatic carbocycles. The molecule has 0 saturated carbocycles. The lowest BCUT2D eigenvalue weighted by molar-refractivity contribution is 0.625. The van der Waals surface area contributed by atoms with Crippen LogP contribution >= 0.6 is 0 Å². The average molecular weight is 138 g/mol. The van der Waals surface area contributed by atoms with Crippen LogP contribution in [0, 0.1) is 23.7 Å². The standard InChI is InChI=1S/C10H18/c1-5-10(6-2)8-7-9(3)4/h9-10H,5-6H2,1-4H3. The van der Waals surface area contributed by atoms with Crippen molar-refractivity contribution in [2.45, 2.75) is 40.5 Å². The van der Waals surface area contributed by atoms with Gasteiger partial charge in [-0.05, 0) is 12.8 Å². The highest BCUT2D eigenvalue weighted by Crippen LogP contribution is 2.05. The molecule has 0 heteroatoms. The third-order valence-electron chi connectivity index (χ3n) is 1.56. The van der Waals surface area contributed by atoms with Crippen LogP contribution in [0.4, 0.5) is 0 Å². The Morgan fingerprint density at radius 2 is 1.50 bits per heavy atom. The summed E-state index contributed by atoms with van der Waals surface area (Å²) in [5.41, 5.74) is 0. The Bertz CT molecular complexity index is 119. The first-order valence-corrected chi connectivity index (χ1v) is 4.21. The maximum atomic E-state index is 3.27. The predicted molar refractivity (Wildman–Crippen MR) is 46.7 cm³/mol. The van der Waals surface area contributed by atoms with E-state index in [2.05, 4.69) is 39.5 Å². The minimum atomic E-state index is 0.528. The zero-order chi connectivity index (χ0) is 7.98. The van der Waals surface area contributed by atoms with E-state index in [1.165, 1.54) is 12.8 Å². The normalized spacial score (nSPS) is 9.80. The molecule has 0 nitrogen and oxygen atoms in total. The maximum Gasteiger partial charge on any atom is 0.0197 e. The van der Waals surface area contributed by atoms with Crippen LogP contribution in [0.5, 0.6) is 0 Å². The quantitative estimate of drug-likeness (QED) is 0.514. The first kappa shape index (κ1) is 9.56. The summed E-state index contributed by atoms with van der Waals surface area (Å²) in [5, 5.41) is 0. The Kier molecular flexibility index (Phi) is 5.12. The van der Waals surface area contributed by atoms with E-state index in [4.69, 9.17) is 0 Å². The molecule has 0 bridgehead atoms. The van der Waals surface area contributed by atoms with Crippen molar-refractivity contribution in [3.63, 3.8) is 0 Å². The summed E-state index contributed by atoms with van der Waals surface area (Å²) < 4.78 is 0. The van der Waals surface area contributed by atoms with Crippen molar-refractivity contribution in [2.24, 2.45) is 11.8 Å². The Balaban J connectivity index is 3.74. The zero-order valence-electron chi connectivity index (χ0n) is 7.57. The van der Waals surface area contributed by atoms with Gasteiger partial charge >= 0.3 is 0 Å². The van der Waals surface area contributed by atoms with Gasteiger partial charge in [0.25, 0.3) is 0 Å². The van der Waals surface area contributed by atoms with Gasteiger partial charge in [-0.15, -0.1) is 5.92 Å². The summed E-state index contributed by atoms with van der Waals surface area (Å²) in [6.45, 7) is 8.66. The molecule has 0 unspecified atom stereocenters. The van der Waals surface area contributed by atoms with E-state index >= 15 is 0 Å². The van der Waals surface area contributed by atoms with Gasteiger partial charge in [0.05, 0.1) is 0 Å². The molecule has 0 rings (SSSR count). The van der Waals surface area contributed by atoms with E-state index in [0.717, 1.165) is 0 Å². The third kappa shape index (κ3) is 4.44. The number of rotatable bonds is 2. The van der Waals surface area contributed by atoms with Crippen molar-refractivity contribution >= 4 is 0 Å². The van der Waals surface area contributed by atoms with Crippen LogP contribution in [0.3, 0.4) is 0 Å². The molecule has 0 radical (unpaired) electrons. The fourth-order valence-corrected chi connectivity index (χ4v) is 0.777. The second kappa shape index (κ2) is 5.35. The Morgan fingerprint density at radius 3 is 1.80 bits per heavy atom. The van der Waals surface area contributed by atoms with Crippen LogP contribution in [0.25, 0.3) is 0 Å². The number of hydrogen-bond donors (Lipinski definition) is 0. The highest BCUT2D eigenvalue weighted by molar-refractivity contribution is 5.04. The van der Waals surface area contributed by atoms with Crippen molar-refractivity contribution in [3.8, 4) is 11.8 Å². The van der Waals surface area contributed by atoms with Crippen molar-refractivity contribution in [2.75, 3.05) is 0 Å². The van der Waals surface area contributed by atoms with Gasteiger partial charge in [0, 0.05) is 11.8 Å². The molecular formula is C10H18. The molecule has 0 spiro atoms. The molecule has 0 N–H and O–H groups in total. The highest BCUT2D eigenvalue weighted by Gasteiger charge is 1.95. The van der Waals surface area contributed by atoms with Gasteiger partial charge < -0.3 is 0 Å². The summed E-state index contributed by atoms with van der Waals surface area (Å²) in [7, 11) is 0. The molecule has 0 aliphatic heterocycles. The summed E-state index contributed by atoms with van der Waals surface area (Å²) in [6, 6.07) is 0. The first-order valence-electron chi connectivity index (χ1n) is 4.21. The van der Waals surface area contributed by atoms with E-state index in [1.54, 1.807) is 0 Å². The molecule has 10 heavy (non-hydrogen) atoms. The summed E-state index contributed by atoms with van der Waals surface area (Å²) in [5.74, 6) is 7.62. The molecule has 0 saturated heterocycles. The zero-order valence-corrected chi connectivity index (χ0v) is 7.57. The van der Waals surface area contributed by atoms with Crippen LogP contribution in [0.1, 0.15) is 40.5 Å². The average Bonchev–Trinajstić information content (AvgIpc) is 1.90. The van der Waals surface area contributed by atoms with Gasteiger partial charge in [0.1, 0.15) is 0 Å². The van der Waals surface area contributed by atoms with E-state index in [0.29, 0.717) is 11.8 Å². The lowest BCUT2D eigenvalue weighted by atomic mass is 10.0. The highest BCUT2D eigenvalue weighted by atomic mass is 14.0. The van der Waals surface area contributed by atoms with E-state index in [1.807, 2.05) is 0 Å². The van der Waals surface area contributed by atoms with Crippen molar-refractivity contribution < 1.29 is 0 Å². The lowest BCUT2D eigenvalue weighted by Crippen LogP contribution is -1.92. The molecule has 0 aliphatic carbocycles. The van der Waals surface area contributed by atoms with Crippen molar-refractivity contribution in [1.82, 2.24) is 0 Å². The van der Waals surface area contributed by atoms with Gasteiger partial charge in [-0.3, -0.25) is 0 Å². The van der Waals surface area contributed by atoms with Crippen LogP contribution in [0.2, 0.25) is 0 Å². The monoisotopic (exact) mass is 138 g/mol. The van der Waals surface area contributed by atoms with Gasteiger partial charge in [-0.1, -0.05) is 33.6 Å². The van der Waals surface area contributed by atoms with Gasteiger partial charge in [-0.25, -0.2) is 0 Å². The SMILES string of the molecule is CCC(C#CC(C)C)CC. The van der Waals surface area contributed by atoms with Crippen LogP contribution in [-0.4, -0.2) is 0 Å². The molecule has 0 aromatic heterocycles. The van der Waals surface area contributed by atoms with Gasteiger partial charge in [0.15, 0.2) is 0 Å². The van der Waals surface area contributed by atoms with Crippen molar-refractivity contribution in [1.29, 1.82) is 0 Å². The molecule has 0 aliphatic rings. The molecule has 58 valence electrons. The molecule has 0 amide bonds. The first-order chi connectivity index (χ1) is 4.70. The topological polar surface area (TPSA) is 0 Å². The molecule has 0 aromatic rings. The third-order valence-corrected chi connectivity index (χ3v) is 1.56. The summed E-state index contributed by atoms with van der Waals surface area (Å²) in [6.07, 6.45) is 2.38. The van der Waals surface area contributed by atoms with Gasteiger partial charge in [-0.2, -0.15) is 0 Å². The second-order valence-electron chi connectivity index (χ2n) is 2.96. The fraction of sp³-hybridized carbons (Fsp3) is 0.800. The minimum Gasteiger partial charge on any atom is -0.100 e. The predicted octanol–water partition coefficient (Wildman–Crippen LogP) is 3.08. The molecular weight excluding hydrogens is 120 g/mol. The Labute approximate surface area is 65.0 Å². The van der Waals surface area contributed by atoms with E-state index < -0.39 is 0 Å². The molecule has 0 fully saturated rings. The minimum absolute atomic E-state index is 0.528. The molecule has 0 atom stereocenters. The van der Waals surface area contributed by atoms with Gasteiger partial charge in [0.2, 0.25) is 0 Å². The smallest absolute Gasteiger partial charge is 0.0197 e. The second-order valence-corrected chi connectivity index (χ2v) is 2.96. The molecule has 0 heterocycles. The number of hydrogen-bond acceptors (Lipinski definition) is 0.